The topological polar surface area (TPSA) is 96.7 Å². The predicted octanol–water partition coefficient (Wildman–Crippen LogP) is 4.12. The van der Waals surface area contributed by atoms with Crippen molar-refractivity contribution in [2.24, 2.45) is 0 Å². The first-order chi connectivity index (χ1) is 18.1. The normalized spacial score (nSPS) is 13.8. The van der Waals surface area contributed by atoms with Crippen LogP contribution in [0.2, 0.25) is 0 Å². The Bertz CT molecular complexity index is 1290. The molecule has 1 aliphatic rings. The molecular formula is C27H29F3N4O4. The van der Waals surface area contributed by atoms with E-state index in [1.165, 1.54) is 23.9 Å². The van der Waals surface area contributed by atoms with E-state index in [-0.39, 0.29) is 19.0 Å². The average Bonchev–Trinajstić information content (AvgIpc) is 3.48. The van der Waals surface area contributed by atoms with Gasteiger partial charge in [-0.15, -0.1) is 0 Å². The van der Waals surface area contributed by atoms with Crippen LogP contribution in [0.4, 0.5) is 19.0 Å². The molecule has 0 bridgehead atoms. The molecule has 11 heteroatoms. The molecule has 1 amide bonds. The SMILES string of the molecule is COC(=O)c1ccc([C@H](C)NC(=O)c2c(C(F)(F)F)nn3c2N(Cc2ccc(CCCO)cc2)CC3)cc1. The van der Waals surface area contributed by atoms with E-state index in [9.17, 15) is 22.8 Å². The van der Waals surface area contributed by atoms with Gasteiger partial charge < -0.3 is 20.1 Å². The maximum atomic E-state index is 13.9. The van der Waals surface area contributed by atoms with Crippen LogP contribution in [0, 0.1) is 0 Å². The van der Waals surface area contributed by atoms with Crippen LogP contribution >= 0.6 is 0 Å². The van der Waals surface area contributed by atoms with Crippen molar-refractivity contribution in [3.63, 3.8) is 0 Å². The Balaban J connectivity index is 1.58. The van der Waals surface area contributed by atoms with E-state index in [0.29, 0.717) is 30.6 Å². The Morgan fingerprint density at radius 1 is 1.08 bits per heavy atom. The molecule has 1 aromatic heterocycles. The van der Waals surface area contributed by atoms with Crippen molar-refractivity contribution in [2.75, 3.05) is 25.2 Å². The Kier molecular flexibility index (Phi) is 8.05. The summed E-state index contributed by atoms with van der Waals surface area (Å²) in [4.78, 5) is 26.7. The molecule has 3 aromatic rings. The van der Waals surface area contributed by atoms with Crippen molar-refractivity contribution in [2.45, 2.75) is 45.1 Å². The largest absolute Gasteiger partial charge is 0.465 e. The second-order valence-electron chi connectivity index (χ2n) is 9.14. The van der Waals surface area contributed by atoms with Gasteiger partial charge in [0.25, 0.3) is 5.91 Å². The van der Waals surface area contributed by atoms with Crippen LogP contribution in [0.3, 0.4) is 0 Å². The van der Waals surface area contributed by atoms with Crippen LogP contribution in [-0.2, 0) is 30.4 Å². The summed E-state index contributed by atoms with van der Waals surface area (Å²) < 4.78 is 47.7. The Labute approximate surface area is 218 Å². The number of hydrogen-bond donors (Lipinski definition) is 2. The molecular weight excluding hydrogens is 501 g/mol. The first kappa shape index (κ1) is 27.2. The van der Waals surface area contributed by atoms with Gasteiger partial charge in [0.1, 0.15) is 11.4 Å². The number of alkyl halides is 3. The van der Waals surface area contributed by atoms with Crippen molar-refractivity contribution < 1.29 is 32.6 Å². The molecule has 0 fully saturated rings. The molecule has 2 N–H and O–H groups in total. The second-order valence-corrected chi connectivity index (χ2v) is 9.14. The van der Waals surface area contributed by atoms with Gasteiger partial charge in [-0.1, -0.05) is 36.4 Å². The van der Waals surface area contributed by atoms with Crippen LogP contribution in [0.15, 0.2) is 48.5 Å². The number of nitrogens with one attached hydrogen (secondary N) is 1. The van der Waals surface area contributed by atoms with Crippen LogP contribution < -0.4 is 10.2 Å². The zero-order valence-electron chi connectivity index (χ0n) is 21.1. The standard InChI is InChI=1S/C27H29F3N4O4/c1-17(20-9-11-21(12-10-20)26(37)38-2)31-24(36)22-23(27(28,29)30)32-34-14-13-33(25(22)34)16-19-7-5-18(6-8-19)4-3-15-35/h5-12,17,35H,3-4,13-16H2,1-2H3,(H,31,36)/t17-/m0/s1. The fourth-order valence-electron chi connectivity index (χ4n) is 4.51. The van der Waals surface area contributed by atoms with Gasteiger partial charge in [0, 0.05) is 19.7 Å². The number of hydrogen-bond acceptors (Lipinski definition) is 6. The zero-order valence-corrected chi connectivity index (χ0v) is 21.1. The Hall–Kier alpha value is -3.86. The number of ether oxygens (including phenoxy) is 1. The third-order valence-electron chi connectivity index (χ3n) is 6.50. The molecule has 0 radical (unpaired) electrons. The van der Waals surface area contributed by atoms with E-state index in [4.69, 9.17) is 5.11 Å². The minimum Gasteiger partial charge on any atom is -0.465 e. The lowest BCUT2D eigenvalue weighted by molar-refractivity contribution is -0.141. The van der Waals surface area contributed by atoms with Gasteiger partial charge in [0.05, 0.1) is 25.3 Å². The highest BCUT2D eigenvalue weighted by Gasteiger charge is 2.44. The van der Waals surface area contributed by atoms with E-state index in [0.717, 1.165) is 17.5 Å². The molecule has 2 heterocycles. The van der Waals surface area contributed by atoms with E-state index >= 15 is 0 Å². The maximum Gasteiger partial charge on any atom is 0.436 e. The van der Waals surface area contributed by atoms with E-state index in [1.54, 1.807) is 24.0 Å². The number of methoxy groups -OCH3 is 1. The molecule has 0 aliphatic carbocycles. The van der Waals surface area contributed by atoms with Gasteiger partial charge in [-0.3, -0.25) is 4.79 Å². The number of fused-ring (bicyclic) bond motifs is 1. The number of aryl methyl sites for hydroxylation is 1. The minimum atomic E-state index is -4.81. The highest BCUT2D eigenvalue weighted by Crippen LogP contribution is 2.38. The molecule has 0 spiro atoms. The first-order valence-corrected chi connectivity index (χ1v) is 12.2. The van der Waals surface area contributed by atoms with Crippen molar-refractivity contribution in [1.82, 2.24) is 15.1 Å². The monoisotopic (exact) mass is 530 g/mol. The van der Waals surface area contributed by atoms with Gasteiger partial charge in [0.15, 0.2) is 5.69 Å². The lowest BCUT2D eigenvalue weighted by Crippen LogP contribution is -2.31. The fraction of sp³-hybridized carbons (Fsp3) is 0.370. The number of halogens is 3. The van der Waals surface area contributed by atoms with E-state index in [2.05, 4.69) is 15.2 Å². The van der Waals surface area contributed by atoms with Crippen molar-refractivity contribution in [1.29, 1.82) is 0 Å². The second kappa shape index (κ2) is 11.3. The molecule has 0 saturated carbocycles. The smallest absolute Gasteiger partial charge is 0.436 e. The number of benzene rings is 2. The predicted molar refractivity (Wildman–Crippen MR) is 134 cm³/mol. The lowest BCUT2D eigenvalue weighted by Gasteiger charge is -2.21. The van der Waals surface area contributed by atoms with Crippen LogP contribution in [-0.4, -0.2) is 47.0 Å². The van der Waals surface area contributed by atoms with Crippen LogP contribution in [0.25, 0.3) is 0 Å². The number of esters is 1. The van der Waals surface area contributed by atoms with Crippen molar-refractivity contribution in [3.8, 4) is 0 Å². The molecule has 1 atom stereocenters. The molecule has 202 valence electrons. The van der Waals surface area contributed by atoms with Gasteiger partial charge in [-0.2, -0.15) is 18.3 Å². The van der Waals surface area contributed by atoms with Gasteiger partial charge in [-0.25, -0.2) is 9.48 Å². The Morgan fingerprint density at radius 3 is 2.34 bits per heavy atom. The van der Waals surface area contributed by atoms with E-state index in [1.807, 2.05) is 24.3 Å². The third kappa shape index (κ3) is 5.83. The zero-order chi connectivity index (χ0) is 27.4. The molecule has 0 saturated heterocycles. The van der Waals surface area contributed by atoms with Gasteiger partial charge in [-0.05, 0) is 48.6 Å². The summed E-state index contributed by atoms with van der Waals surface area (Å²) in [5, 5.41) is 15.4. The number of carbonyl (C=O) groups excluding carboxylic acids is 2. The fourth-order valence-corrected chi connectivity index (χ4v) is 4.51. The first-order valence-electron chi connectivity index (χ1n) is 12.2. The molecule has 38 heavy (non-hydrogen) atoms. The van der Waals surface area contributed by atoms with Gasteiger partial charge in [0.2, 0.25) is 0 Å². The van der Waals surface area contributed by atoms with Crippen LogP contribution in [0.5, 0.6) is 0 Å². The number of carbonyl (C=O) groups is 2. The number of rotatable bonds is 9. The maximum absolute atomic E-state index is 13.9. The summed E-state index contributed by atoms with van der Waals surface area (Å²) in [6.07, 6.45) is -3.43. The lowest BCUT2D eigenvalue weighted by atomic mass is 10.1. The highest BCUT2D eigenvalue weighted by molar-refractivity contribution is 6.01. The molecule has 4 rings (SSSR count). The Morgan fingerprint density at radius 2 is 1.74 bits per heavy atom. The number of aliphatic hydroxyl groups is 1. The summed E-state index contributed by atoms with van der Waals surface area (Å²) >= 11 is 0. The molecule has 0 unspecified atom stereocenters. The van der Waals surface area contributed by atoms with E-state index < -0.39 is 35.4 Å². The third-order valence-corrected chi connectivity index (χ3v) is 6.50. The molecule has 2 aromatic carbocycles. The van der Waals surface area contributed by atoms with Crippen molar-refractivity contribution in [3.05, 3.63) is 82.0 Å². The number of aromatic nitrogens is 2. The summed E-state index contributed by atoms with van der Waals surface area (Å²) in [6.45, 7) is 2.71. The minimum absolute atomic E-state index is 0.101. The number of nitrogens with zero attached hydrogens (tertiary/aromatic N) is 3. The molecule has 1 aliphatic heterocycles. The summed E-state index contributed by atoms with van der Waals surface area (Å²) in [7, 11) is 1.26. The quantitative estimate of drug-likeness (QED) is 0.404. The number of aliphatic hydroxyl groups excluding tert-OH is 1. The van der Waals surface area contributed by atoms with Crippen LogP contribution in [0.1, 0.15) is 62.5 Å². The number of anilines is 1. The highest BCUT2D eigenvalue weighted by atomic mass is 19.4. The number of amides is 1. The van der Waals surface area contributed by atoms with Gasteiger partial charge >= 0.3 is 12.1 Å². The average molecular weight is 531 g/mol. The molecule has 8 nitrogen and oxygen atoms in total. The summed E-state index contributed by atoms with van der Waals surface area (Å²) in [5.41, 5.74) is 1.14. The van der Waals surface area contributed by atoms with Crippen molar-refractivity contribution >= 4 is 17.7 Å². The summed E-state index contributed by atoms with van der Waals surface area (Å²) in [5.74, 6) is -1.26. The summed E-state index contributed by atoms with van der Waals surface area (Å²) in [6, 6.07) is 13.3.